The van der Waals surface area contributed by atoms with Crippen LogP contribution in [0, 0.1) is 11.3 Å². The number of carbonyl (C=O) groups excluding carboxylic acids is 1. The highest BCUT2D eigenvalue weighted by atomic mass is 16.2. The number of nitrogens with zero attached hydrogens (tertiary/aromatic N) is 1. The van der Waals surface area contributed by atoms with Crippen LogP contribution in [0.25, 0.3) is 0 Å². The molecule has 2 bridgehead atoms. The lowest BCUT2D eigenvalue weighted by Crippen LogP contribution is -2.46. The van der Waals surface area contributed by atoms with Crippen molar-refractivity contribution in [2.24, 2.45) is 11.3 Å². The van der Waals surface area contributed by atoms with Crippen molar-refractivity contribution in [2.45, 2.75) is 45.7 Å². The SMILES string of the molecule is CN1CC2CCC1C2NC(=O)C(C)(C)C. The summed E-state index contributed by atoms with van der Waals surface area (Å²) in [5.41, 5.74) is -0.263. The Morgan fingerprint density at radius 2 is 2.00 bits per heavy atom. The first kappa shape index (κ1) is 10.9. The molecule has 3 atom stereocenters. The van der Waals surface area contributed by atoms with Crippen molar-refractivity contribution < 1.29 is 4.79 Å². The first-order valence-corrected chi connectivity index (χ1v) is 5.91. The smallest absolute Gasteiger partial charge is 0.225 e. The van der Waals surface area contributed by atoms with E-state index in [-0.39, 0.29) is 11.3 Å². The van der Waals surface area contributed by atoms with Gasteiger partial charge in [-0.1, -0.05) is 20.8 Å². The summed E-state index contributed by atoms with van der Waals surface area (Å²) in [7, 11) is 2.17. The van der Waals surface area contributed by atoms with Gasteiger partial charge in [-0.05, 0) is 25.8 Å². The van der Waals surface area contributed by atoms with Crippen molar-refractivity contribution in [3.8, 4) is 0 Å². The highest BCUT2D eigenvalue weighted by Gasteiger charge is 2.46. The molecule has 3 heteroatoms. The van der Waals surface area contributed by atoms with Crippen molar-refractivity contribution in [3.63, 3.8) is 0 Å². The molecule has 3 nitrogen and oxygen atoms in total. The van der Waals surface area contributed by atoms with Crippen molar-refractivity contribution in [1.29, 1.82) is 0 Å². The van der Waals surface area contributed by atoms with Gasteiger partial charge in [-0.25, -0.2) is 0 Å². The summed E-state index contributed by atoms with van der Waals surface area (Å²) in [5, 5.41) is 3.23. The zero-order valence-corrected chi connectivity index (χ0v) is 10.2. The lowest BCUT2D eigenvalue weighted by Gasteiger charge is -2.25. The van der Waals surface area contributed by atoms with E-state index in [0.29, 0.717) is 18.0 Å². The van der Waals surface area contributed by atoms with E-state index in [4.69, 9.17) is 0 Å². The van der Waals surface area contributed by atoms with Gasteiger partial charge in [0, 0.05) is 24.0 Å². The van der Waals surface area contributed by atoms with Gasteiger partial charge in [0.15, 0.2) is 0 Å². The first-order chi connectivity index (χ1) is 6.89. The highest BCUT2D eigenvalue weighted by molar-refractivity contribution is 5.81. The number of rotatable bonds is 1. The van der Waals surface area contributed by atoms with Gasteiger partial charge in [-0.2, -0.15) is 0 Å². The summed E-state index contributed by atoms with van der Waals surface area (Å²) in [6.07, 6.45) is 2.53. The zero-order chi connectivity index (χ0) is 11.2. The standard InChI is InChI=1S/C12H22N2O/c1-12(2,3)11(15)13-10-8-5-6-9(10)14(4)7-8/h8-10H,5-7H2,1-4H3,(H,13,15). The summed E-state index contributed by atoms with van der Waals surface area (Å²) in [4.78, 5) is 14.3. The van der Waals surface area contributed by atoms with E-state index in [1.165, 1.54) is 12.8 Å². The lowest BCUT2D eigenvalue weighted by atomic mass is 9.94. The van der Waals surface area contributed by atoms with Gasteiger partial charge >= 0.3 is 0 Å². The number of fused-ring (bicyclic) bond motifs is 2. The van der Waals surface area contributed by atoms with E-state index in [0.717, 1.165) is 6.54 Å². The third kappa shape index (κ3) is 1.89. The predicted molar refractivity (Wildman–Crippen MR) is 60.5 cm³/mol. The minimum Gasteiger partial charge on any atom is -0.351 e. The molecule has 0 spiro atoms. The van der Waals surface area contributed by atoms with Gasteiger partial charge in [0.2, 0.25) is 5.91 Å². The summed E-state index contributed by atoms with van der Waals surface area (Å²) < 4.78 is 0. The van der Waals surface area contributed by atoms with Crippen LogP contribution in [0.15, 0.2) is 0 Å². The van der Waals surface area contributed by atoms with Crippen LogP contribution >= 0.6 is 0 Å². The number of piperidine rings is 1. The van der Waals surface area contributed by atoms with Crippen LogP contribution in [0.2, 0.25) is 0 Å². The Balaban J connectivity index is 2.00. The third-order valence-electron chi connectivity index (χ3n) is 3.82. The molecule has 0 radical (unpaired) electrons. The molecule has 0 aromatic carbocycles. The molecule has 1 amide bonds. The largest absolute Gasteiger partial charge is 0.351 e. The fraction of sp³-hybridized carbons (Fsp3) is 0.917. The lowest BCUT2D eigenvalue weighted by molar-refractivity contribution is -0.129. The van der Waals surface area contributed by atoms with Crippen molar-refractivity contribution in [2.75, 3.05) is 13.6 Å². The van der Waals surface area contributed by atoms with Crippen molar-refractivity contribution in [3.05, 3.63) is 0 Å². The fourth-order valence-electron chi connectivity index (χ4n) is 2.84. The Labute approximate surface area is 92.2 Å². The summed E-state index contributed by atoms with van der Waals surface area (Å²) in [6, 6.07) is 0.989. The van der Waals surface area contributed by atoms with Gasteiger partial charge in [0.25, 0.3) is 0 Å². The van der Waals surface area contributed by atoms with Crippen LogP contribution in [-0.2, 0) is 4.79 Å². The molecule has 1 aliphatic heterocycles. The van der Waals surface area contributed by atoms with E-state index >= 15 is 0 Å². The second-order valence-corrected chi connectivity index (χ2v) is 6.09. The molecule has 86 valence electrons. The molecule has 2 fully saturated rings. The van der Waals surface area contributed by atoms with E-state index in [9.17, 15) is 4.79 Å². The zero-order valence-electron chi connectivity index (χ0n) is 10.2. The highest BCUT2D eigenvalue weighted by Crippen LogP contribution is 2.37. The number of likely N-dealkylation sites (N-methyl/N-ethyl adjacent to an activating group) is 1. The second-order valence-electron chi connectivity index (χ2n) is 6.09. The molecule has 0 aromatic rings. The molecule has 15 heavy (non-hydrogen) atoms. The molecule has 1 N–H and O–H groups in total. The Morgan fingerprint density at radius 3 is 2.40 bits per heavy atom. The molecule has 1 saturated carbocycles. The maximum Gasteiger partial charge on any atom is 0.225 e. The molecule has 2 rings (SSSR count). The van der Waals surface area contributed by atoms with Gasteiger partial charge < -0.3 is 10.2 Å². The third-order valence-corrected chi connectivity index (χ3v) is 3.82. The quantitative estimate of drug-likeness (QED) is 0.706. The Kier molecular flexibility index (Phi) is 2.53. The van der Waals surface area contributed by atoms with Crippen LogP contribution in [-0.4, -0.2) is 36.5 Å². The van der Waals surface area contributed by atoms with Crippen LogP contribution < -0.4 is 5.32 Å². The van der Waals surface area contributed by atoms with E-state index in [1.807, 2.05) is 20.8 Å². The minimum absolute atomic E-state index is 0.194. The molecular formula is C12H22N2O. The number of likely N-dealkylation sites (tertiary alicyclic amines) is 1. The van der Waals surface area contributed by atoms with Crippen LogP contribution in [0.4, 0.5) is 0 Å². The molecular weight excluding hydrogens is 188 g/mol. The van der Waals surface area contributed by atoms with Crippen molar-refractivity contribution in [1.82, 2.24) is 10.2 Å². The first-order valence-electron chi connectivity index (χ1n) is 5.91. The number of carbonyl (C=O) groups is 1. The molecule has 1 saturated heterocycles. The number of amides is 1. The second kappa shape index (κ2) is 3.48. The summed E-state index contributed by atoms with van der Waals surface area (Å²) >= 11 is 0. The maximum absolute atomic E-state index is 11.9. The average Bonchev–Trinajstić information content (AvgIpc) is 2.59. The Bertz CT molecular complexity index is 269. The summed E-state index contributed by atoms with van der Waals surface area (Å²) in [6.45, 7) is 7.08. The van der Waals surface area contributed by atoms with Crippen molar-refractivity contribution >= 4 is 5.91 Å². The summed E-state index contributed by atoms with van der Waals surface area (Å²) in [5.74, 6) is 0.881. The van der Waals surface area contributed by atoms with Crippen LogP contribution in [0.5, 0.6) is 0 Å². The molecule has 3 unspecified atom stereocenters. The molecule has 0 aromatic heterocycles. The van der Waals surface area contributed by atoms with Gasteiger partial charge in [0.1, 0.15) is 0 Å². The van der Waals surface area contributed by atoms with E-state index in [1.54, 1.807) is 0 Å². The van der Waals surface area contributed by atoms with Gasteiger partial charge in [-0.3, -0.25) is 4.79 Å². The average molecular weight is 210 g/mol. The van der Waals surface area contributed by atoms with Gasteiger partial charge in [0.05, 0.1) is 0 Å². The van der Waals surface area contributed by atoms with E-state index < -0.39 is 0 Å². The normalized spacial score (nSPS) is 35.9. The molecule has 1 heterocycles. The van der Waals surface area contributed by atoms with Gasteiger partial charge in [-0.15, -0.1) is 0 Å². The number of hydrogen-bond acceptors (Lipinski definition) is 2. The monoisotopic (exact) mass is 210 g/mol. The van der Waals surface area contributed by atoms with E-state index in [2.05, 4.69) is 17.3 Å². The Hall–Kier alpha value is -0.570. The number of hydrogen-bond donors (Lipinski definition) is 1. The maximum atomic E-state index is 11.9. The van der Waals surface area contributed by atoms with Crippen LogP contribution in [0.3, 0.4) is 0 Å². The van der Waals surface area contributed by atoms with Crippen LogP contribution in [0.1, 0.15) is 33.6 Å². The minimum atomic E-state index is -0.263. The Morgan fingerprint density at radius 1 is 1.33 bits per heavy atom. The molecule has 2 aliphatic rings. The fourth-order valence-corrected chi connectivity index (χ4v) is 2.84. The number of nitrogens with one attached hydrogen (secondary N) is 1. The topological polar surface area (TPSA) is 32.3 Å². The molecule has 1 aliphatic carbocycles. The predicted octanol–water partition coefficient (Wildman–Crippen LogP) is 1.24.